The summed E-state index contributed by atoms with van der Waals surface area (Å²) in [4.78, 5) is 22.7. The number of ether oxygens (including phenoxy) is 2. The van der Waals surface area contributed by atoms with E-state index in [0.29, 0.717) is 24.3 Å². The molecule has 1 aromatic carbocycles. The molecule has 1 heterocycles. The van der Waals surface area contributed by atoms with Gasteiger partial charge < -0.3 is 19.9 Å². The predicted octanol–water partition coefficient (Wildman–Crippen LogP) is 0.874. The van der Waals surface area contributed by atoms with Crippen LogP contribution >= 0.6 is 0 Å². The minimum atomic E-state index is -1.71. The molecule has 0 aliphatic carbocycles. The number of carbonyl (C=O) groups is 2. The second-order valence-electron chi connectivity index (χ2n) is 4.92. The standard InChI is InChI=1S/C14H17NO5/c1-14(18,13(17)19-2)8-20-10-5-3-9-4-6-12(16)15-11(9)7-10/h3,5,7,18H,4,6,8H2,1-2H3,(H,15,16). The lowest BCUT2D eigenvalue weighted by Gasteiger charge is -2.22. The molecule has 0 radical (unpaired) electrons. The summed E-state index contributed by atoms with van der Waals surface area (Å²) in [5.41, 5.74) is 0.0293. The smallest absolute Gasteiger partial charge is 0.341 e. The molecule has 0 bridgehead atoms. The first-order chi connectivity index (χ1) is 9.42. The van der Waals surface area contributed by atoms with Gasteiger partial charge in [0.1, 0.15) is 12.4 Å². The van der Waals surface area contributed by atoms with Crippen LogP contribution in [0.25, 0.3) is 0 Å². The number of aryl methyl sites for hydroxylation is 1. The highest BCUT2D eigenvalue weighted by atomic mass is 16.6. The number of rotatable bonds is 4. The third-order valence-corrected chi connectivity index (χ3v) is 3.12. The van der Waals surface area contributed by atoms with Crippen LogP contribution in [0.4, 0.5) is 5.69 Å². The highest BCUT2D eigenvalue weighted by molar-refractivity contribution is 5.94. The van der Waals surface area contributed by atoms with E-state index in [1.54, 1.807) is 12.1 Å². The lowest BCUT2D eigenvalue weighted by atomic mass is 10.0. The quantitative estimate of drug-likeness (QED) is 0.799. The normalized spacial score (nSPS) is 16.6. The van der Waals surface area contributed by atoms with Crippen LogP contribution < -0.4 is 10.1 Å². The van der Waals surface area contributed by atoms with E-state index in [2.05, 4.69) is 10.1 Å². The van der Waals surface area contributed by atoms with Gasteiger partial charge in [0, 0.05) is 18.2 Å². The van der Waals surface area contributed by atoms with Crippen LogP contribution in [0.15, 0.2) is 18.2 Å². The summed E-state index contributed by atoms with van der Waals surface area (Å²) >= 11 is 0. The van der Waals surface area contributed by atoms with Gasteiger partial charge in [-0.1, -0.05) is 6.07 Å². The molecule has 1 amide bonds. The highest BCUT2D eigenvalue weighted by Crippen LogP contribution is 2.27. The van der Waals surface area contributed by atoms with Crippen LogP contribution in [-0.2, 0) is 20.7 Å². The summed E-state index contributed by atoms with van der Waals surface area (Å²) in [6.07, 6.45) is 1.17. The third-order valence-electron chi connectivity index (χ3n) is 3.12. The topological polar surface area (TPSA) is 84.9 Å². The number of amides is 1. The molecule has 1 aliphatic rings. The molecule has 0 aromatic heterocycles. The van der Waals surface area contributed by atoms with Crippen molar-refractivity contribution < 1.29 is 24.2 Å². The molecular formula is C14H17NO5. The minimum absolute atomic E-state index is 0.0313. The Kier molecular flexibility index (Phi) is 3.94. The molecule has 1 atom stereocenters. The molecule has 1 aromatic rings. The van der Waals surface area contributed by atoms with Gasteiger partial charge in [-0.15, -0.1) is 0 Å². The SMILES string of the molecule is COC(=O)C(C)(O)COc1ccc2c(c1)NC(=O)CC2. The Labute approximate surface area is 116 Å². The molecule has 0 saturated carbocycles. The van der Waals surface area contributed by atoms with Crippen molar-refractivity contribution in [1.29, 1.82) is 0 Å². The van der Waals surface area contributed by atoms with Crippen LogP contribution in [0, 0.1) is 0 Å². The number of nitrogens with one attached hydrogen (secondary N) is 1. The van der Waals surface area contributed by atoms with E-state index in [9.17, 15) is 14.7 Å². The predicted molar refractivity (Wildman–Crippen MR) is 71.5 cm³/mol. The number of esters is 1. The highest BCUT2D eigenvalue weighted by Gasteiger charge is 2.32. The van der Waals surface area contributed by atoms with E-state index >= 15 is 0 Å². The van der Waals surface area contributed by atoms with E-state index in [4.69, 9.17) is 4.74 Å². The summed E-state index contributed by atoms with van der Waals surface area (Å²) < 4.78 is 9.88. The summed E-state index contributed by atoms with van der Waals surface area (Å²) in [5.74, 6) is -0.324. The van der Waals surface area contributed by atoms with Crippen molar-refractivity contribution in [2.24, 2.45) is 0 Å². The lowest BCUT2D eigenvalue weighted by molar-refractivity contribution is -0.163. The Hall–Kier alpha value is -2.08. The van der Waals surface area contributed by atoms with Crippen molar-refractivity contribution in [3.63, 3.8) is 0 Å². The van der Waals surface area contributed by atoms with Gasteiger partial charge in [0.25, 0.3) is 0 Å². The molecule has 108 valence electrons. The zero-order valence-electron chi connectivity index (χ0n) is 11.4. The zero-order chi connectivity index (χ0) is 14.8. The van der Waals surface area contributed by atoms with Crippen LogP contribution in [0.3, 0.4) is 0 Å². The first kappa shape index (κ1) is 14.3. The van der Waals surface area contributed by atoms with Crippen molar-refractivity contribution in [3.05, 3.63) is 23.8 Å². The van der Waals surface area contributed by atoms with E-state index in [0.717, 1.165) is 5.56 Å². The summed E-state index contributed by atoms with van der Waals surface area (Å²) in [6.45, 7) is 1.09. The fourth-order valence-corrected chi connectivity index (χ4v) is 1.94. The van der Waals surface area contributed by atoms with E-state index in [1.165, 1.54) is 14.0 Å². The number of aliphatic hydroxyl groups is 1. The monoisotopic (exact) mass is 279 g/mol. The largest absolute Gasteiger partial charge is 0.490 e. The van der Waals surface area contributed by atoms with E-state index in [1.807, 2.05) is 6.07 Å². The number of hydrogen-bond donors (Lipinski definition) is 2. The first-order valence-electron chi connectivity index (χ1n) is 6.29. The average Bonchev–Trinajstić information content (AvgIpc) is 2.43. The van der Waals surface area contributed by atoms with Gasteiger partial charge in [-0.3, -0.25) is 4.79 Å². The van der Waals surface area contributed by atoms with Crippen molar-refractivity contribution in [3.8, 4) is 5.75 Å². The Balaban J connectivity index is 2.06. The molecule has 6 heteroatoms. The molecule has 0 fully saturated rings. The van der Waals surface area contributed by atoms with E-state index < -0.39 is 11.6 Å². The summed E-state index contributed by atoms with van der Waals surface area (Å²) in [6, 6.07) is 5.28. The zero-order valence-corrected chi connectivity index (χ0v) is 11.4. The van der Waals surface area contributed by atoms with Crippen molar-refractivity contribution in [2.75, 3.05) is 19.0 Å². The second kappa shape index (κ2) is 5.50. The third kappa shape index (κ3) is 3.08. The molecule has 1 aliphatic heterocycles. The molecule has 2 N–H and O–H groups in total. The lowest BCUT2D eigenvalue weighted by Crippen LogP contribution is -2.42. The Morgan fingerprint density at radius 3 is 2.90 bits per heavy atom. The fraction of sp³-hybridized carbons (Fsp3) is 0.429. The number of methoxy groups -OCH3 is 1. The molecular weight excluding hydrogens is 262 g/mol. The van der Waals surface area contributed by atoms with Crippen LogP contribution in [0.1, 0.15) is 18.9 Å². The van der Waals surface area contributed by atoms with E-state index in [-0.39, 0.29) is 12.5 Å². The second-order valence-corrected chi connectivity index (χ2v) is 4.92. The van der Waals surface area contributed by atoms with Crippen molar-refractivity contribution in [1.82, 2.24) is 0 Å². The molecule has 0 saturated heterocycles. The maximum atomic E-state index is 11.3. The minimum Gasteiger partial charge on any atom is -0.490 e. The van der Waals surface area contributed by atoms with Gasteiger partial charge in [0.15, 0.2) is 5.60 Å². The summed E-state index contributed by atoms with van der Waals surface area (Å²) in [7, 11) is 1.20. The molecule has 2 rings (SSSR count). The molecule has 1 unspecified atom stereocenters. The Morgan fingerprint density at radius 1 is 1.45 bits per heavy atom. The number of benzene rings is 1. The molecule has 0 spiro atoms. The van der Waals surface area contributed by atoms with Crippen molar-refractivity contribution >= 4 is 17.6 Å². The fourth-order valence-electron chi connectivity index (χ4n) is 1.94. The van der Waals surface area contributed by atoms with Crippen LogP contribution in [0.2, 0.25) is 0 Å². The van der Waals surface area contributed by atoms with Gasteiger partial charge in [-0.2, -0.15) is 0 Å². The number of fused-ring (bicyclic) bond motifs is 1. The number of carbonyl (C=O) groups excluding carboxylic acids is 2. The maximum absolute atomic E-state index is 11.3. The maximum Gasteiger partial charge on any atom is 0.341 e. The van der Waals surface area contributed by atoms with Gasteiger partial charge >= 0.3 is 5.97 Å². The van der Waals surface area contributed by atoms with Crippen molar-refractivity contribution in [2.45, 2.75) is 25.4 Å². The first-order valence-corrected chi connectivity index (χ1v) is 6.29. The van der Waals surface area contributed by atoms with Crippen LogP contribution in [-0.4, -0.2) is 36.3 Å². The molecule has 6 nitrogen and oxygen atoms in total. The van der Waals surface area contributed by atoms with Gasteiger partial charge in [0.2, 0.25) is 5.91 Å². The van der Waals surface area contributed by atoms with Gasteiger partial charge in [-0.25, -0.2) is 4.79 Å². The van der Waals surface area contributed by atoms with Gasteiger partial charge in [-0.05, 0) is 25.0 Å². The summed E-state index contributed by atoms with van der Waals surface area (Å²) in [5, 5.41) is 12.6. The number of anilines is 1. The average molecular weight is 279 g/mol. The molecule has 20 heavy (non-hydrogen) atoms. The number of hydrogen-bond acceptors (Lipinski definition) is 5. The van der Waals surface area contributed by atoms with Gasteiger partial charge in [0.05, 0.1) is 7.11 Å². The Morgan fingerprint density at radius 2 is 2.20 bits per heavy atom. The Bertz CT molecular complexity index is 538. The van der Waals surface area contributed by atoms with Crippen LogP contribution in [0.5, 0.6) is 5.75 Å².